The van der Waals surface area contributed by atoms with Gasteiger partial charge < -0.3 is 5.11 Å². The maximum absolute atomic E-state index is 13.4. The highest BCUT2D eigenvalue weighted by Crippen LogP contribution is 2.35. The van der Waals surface area contributed by atoms with Crippen LogP contribution in [0.15, 0.2) is 18.2 Å². The van der Waals surface area contributed by atoms with E-state index in [9.17, 15) is 14.3 Å². The molecule has 0 aliphatic carbocycles. The van der Waals surface area contributed by atoms with Gasteiger partial charge in [-0.25, -0.2) is 14.2 Å². The van der Waals surface area contributed by atoms with Gasteiger partial charge >= 0.3 is 5.97 Å². The van der Waals surface area contributed by atoms with Crippen LogP contribution in [0.1, 0.15) is 35.3 Å². The summed E-state index contributed by atoms with van der Waals surface area (Å²) in [7, 11) is 0. The number of aromatic nitrogens is 1. The third-order valence-electron chi connectivity index (χ3n) is 2.46. The molecule has 0 saturated carbocycles. The van der Waals surface area contributed by atoms with E-state index in [0.717, 1.165) is 0 Å². The number of carbonyl (C=O) groups is 1. The predicted molar refractivity (Wildman–Crippen MR) is 73.6 cm³/mol. The van der Waals surface area contributed by atoms with Gasteiger partial charge in [-0.15, -0.1) is 11.3 Å². The summed E-state index contributed by atoms with van der Waals surface area (Å²) in [5.74, 6) is -1.52. The zero-order valence-electron chi connectivity index (χ0n) is 10.3. The lowest BCUT2D eigenvalue weighted by Crippen LogP contribution is -1.99. The van der Waals surface area contributed by atoms with Crippen LogP contribution < -0.4 is 0 Å². The molecule has 0 aliphatic heterocycles. The van der Waals surface area contributed by atoms with Gasteiger partial charge in [0.25, 0.3) is 0 Å². The summed E-state index contributed by atoms with van der Waals surface area (Å²) in [5, 5.41) is 10.1. The smallest absolute Gasteiger partial charge is 0.356 e. The maximum Gasteiger partial charge on any atom is 0.356 e. The first-order valence-corrected chi connectivity index (χ1v) is 6.78. The first-order valence-electron chi connectivity index (χ1n) is 5.59. The summed E-state index contributed by atoms with van der Waals surface area (Å²) < 4.78 is 13.4. The quantitative estimate of drug-likeness (QED) is 0.912. The summed E-state index contributed by atoms with van der Waals surface area (Å²) >= 11 is 7.05. The van der Waals surface area contributed by atoms with E-state index in [1.54, 1.807) is 0 Å². The van der Waals surface area contributed by atoms with E-state index in [4.69, 9.17) is 11.6 Å². The second-order valence-corrected chi connectivity index (χ2v) is 5.81. The minimum absolute atomic E-state index is 0.0598. The van der Waals surface area contributed by atoms with Crippen LogP contribution in [0.5, 0.6) is 0 Å². The fourth-order valence-electron chi connectivity index (χ4n) is 1.61. The fourth-order valence-corrected chi connectivity index (χ4v) is 2.88. The molecule has 0 aliphatic rings. The van der Waals surface area contributed by atoms with Crippen molar-refractivity contribution < 1.29 is 14.3 Å². The highest BCUT2D eigenvalue weighted by molar-refractivity contribution is 7.15. The van der Waals surface area contributed by atoms with E-state index in [2.05, 4.69) is 4.98 Å². The van der Waals surface area contributed by atoms with Gasteiger partial charge in [0, 0.05) is 10.9 Å². The highest BCUT2D eigenvalue weighted by Gasteiger charge is 2.20. The molecule has 0 saturated heterocycles. The monoisotopic (exact) mass is 299 g/mol. The van der Waals surface area contributed by atoms with E-state index in [-0.39, 0.29) is 16.6 Å². The molecule has 0 radical (unpaired) electrons. The SMILES string of the molecule is CC(C)c1nc(C(=O)O)c(-c2cc(F)cc(Cl)c2)s1. The minimum Gasteiger partial charge on any atom is -0.476 e. The normalized spacial score (nSPS) is 11.0. The fraction of sp³-hybridized carbons (Fsp3) is 0.231. The van der Waals surface area contributed by atoms with E-state index in [1.807, 2.05) is 13.8 Å². The standard InChI is InChI=1S/C13H11ClFNO2S/c1-6(2)12-16-10(13(17)18)11(19-12)7-3-8(14)5-9(15)4-7/h3-6H,1-2H3,(H,17,18). The average molecular weight is 300 g/mol. The van der Waals surface area contributed by atoms with Gasteiger partial charge in [0.2, 0.25) is 0 Å². The molecule has 1 aromatic carbocycles. The Bertz CT molecular complexity index is 619. The second kappa shape index (κ2) is 5.27. The van der Waals surface area contributed by atoms with Gasteiger partial charge in [0.05, 0.1) is 9.88 Å². The molecule has 100 valence electrons. The van der Waals surface area contributed by atoms with Crippen molar-refractivity contribution in [3.63, 3.8) is 0 Å². The van der Waals surface area contributed by atoms with Crippen molar-refractivity contribution >= 4 is 28.9 Å². The van der Waals surface area contributed by atoms with Crippen molar-refractivity contribution in [2.45, 2.75) is 19.8 Å². The molecule has 0 atom stereocenters. The molecule has 2 rings (SSSR count). The van der Waals surface area contributed by atoms with Gasteiger partial charge in [-0.2, -0.15) is 0 Å². The van der Waals surface area contributed by atoms with Gasteiger partial charge in [0.15, 0.2) is 5.69 Å². The zero-order valence-corrected chi connectivity index (χ0v) is 11.8. The Morgan fingerprint density at radius 2 is 2.11 bits per heavy atom. The first kappa shape index (κ1) is 14.0. The number of aromatic carboxylic acids is 1. The second-order valence-electron chi connectivity index (χ2n) is 4.35. The van der Waals surface area contributed by atoms with E-state index >= 15 is 0 Å². The molecule has 1 N–H and O–H groups in total. The van der Waals surface area contributed by atoms with Crippen molar-refractivity contribution in [1.82, 2.24) is 4.98 Å². The number of hydrogen-bond donors (Lipinski definition) is 1. The first-order chi connectivity index (χ1) is 8.88. The number of rotatable bonds is 3. The molecule has 0 amide bonds. The maximum atomic E-state index is 13.4. The number of halogens is 2. The van der Waals surface area contributed by atoms with Crippen molar-refractivity contribution in [1.29, 1.82) is 0 Å². The van der Waals surface area contributed by atoms with Crippen molar-refractivity contribution in [2.24, 2.45) is 0 Å². The number of carboxylic acid groups (broad SMARTS) is 1. The molecule has 1 aromatic heterocycles. The van der Waals surface area contributed by atoms with Crippen LogP contribution in [-0.2, 0) is 0 Å². The molecule has 0 unspecified atom stereocenters. The van der Waals surface area contributed by atoms with Crippen LogP contribution in [0.2, 0.25) is 5.02 Å². The van der Waals surface area contributed by atoms with Crippen LogP contribution >= 0.6 is 22.9 Å². The summed E-state index contributed by atoms with van der Waals surface area (Å²) in [6.07, 6.45) is 0. The van der Waals surface area contributed by atoms with E-state index < -0.39 is 11.8 Å². The van der Waals surface area contributed by atoms with Gasteiger partial charge in [-0.1, -0.05) is 25.4 Å². The average Bonchev–Trinajstić information content (AvgIpc) is 2.72. The van der Waals surface area contributed by atoms with E-state index in [0.29, 0.717) is 15.4 Å². The Balaban J connectivity index is 2.62. The Kier molecular flexibility index (Phi) is 3.87. The number of thiazole rings is 1. The Hall–Kier alpha value is -1.46. The topological polar surface area (TPSA) is 50.2 Å². The van der Waals surface area contributed by atoms with Crippen LogP contribution in [0.4, 0.5) is 4.39 Å². The van der Waals surface area contributed by atoms with Gasteiger partial charge in [-0.05, 0) is 23.8 Å². The van der Waals surface area contributed by atoms with Crippen LogP contribution in [0, 0.1) is 5.82 Å². The molecule has 19 heavy (non-hydrogen) atoms. The molecule has 1 heterocycles. The van der Waals surface area contributed by atoms with Crippen LogP contribution in [-0.4, -0.2) is 16.1 Å². The summed E-state index contributed by atoms with van der Waals surface area (Å²) in [4.78, 5) is 15.7. The van der Waals surface area contributed by atoms with Crippen molar-refractivity contribution in [3.05, 3.63) is 39.7 Å². The minimum atomic E-state index is -1.13. The molecule has 2 aromatic rings. The third-order valence-corrected chi connectivity index (χ3v) is 4.09. The van der Waals surface area contributed by atoms with E-state index in [1.165, 1.54) is 29.5 Å². The van der Waals surface area contributed by atoms with Crippen molar-refractivity contribution in [2.75, 3.05) is 0 Å². The number of nitrogens with zero attached hydrogens (tertiary/aromatic N) is 1. The van der Waals surface area contributed by atoms with Gasteiger partial charge in [-0.3, -0.25) is 0 Å². The summed E-state index contributed by atoms with van der Waals surface area (Å²) in [6, 6.07) is 3.97. The van der Waals surface area contributed by atoms with Gasteiger partial charge in [0.1, 0.15) is 5.82 Å². The largest absolute Gasteiger partial charge is 0.476 e. The molecule has 6 heteroatoms. The van der Waals surface area contributed by atoms with Crippen molar-refractivity contribution in [3.8, 4) is 10.4 Å². The molecular weight excluding hydrogens is 289 g/mol. The zero-order chi connectivity index (χ0) is 14.2. The molecular formula is C13H11ClFNO2S. The van der Waals surface area contributed by atoms with Crippen LogP contribution in [0.25, 0.3) is 10.4 Å². The molecule has 0 bridgehead atoms. The molecule has 3 nitrogen and oxygen atoms in total. The predicted octanol–water partition coefficient (Wildman–Crippen LogP) is 4.42. The lowest BCUT2D eigenvalue weighted by Gasteiger charge is -2.00. The molecule has 0 spiro atoms. The Morgan fingerprint density at radius 1 is 1.42 bits per heavy atom. The summed E-state index contributed by atoms with van der Waals surface area (Å²) in [5.41, 5.74) is 0.377. The highest BCUT2D eigenvalue weighted by atomic mass is 35.5. The Labute approximate surface area is 118 Å². The van der Waals surface area contributed by atoms with Crippen LogP contribution in [0.3, 0.4) is 0 Å². The summed E-state index contributed by atoms with van der Waals surface area (Å²) in [6.45, 7) is 3.85. The Morgan fingerprint density at radius 3 is 2.63 bits per heavy atom. The third kappa shape index (κ3) is 2.93. The number of carboxylic acids is 1. The number of hydrogen-bond acceptors (Lipinski definition) is 3. The molecule has 0 fully saturated rings. The lowest BCUT2D eigenvalue weighted by atomic mass is 10.1. The number of benzene rings is 1. The lowest BCUT2D eigenvalue weighted by molar-refractivity contribution is 0.0692.